The van der Waals surface area contributed by atoms with Crippen molar-refractivity contribution in [3.63, 3.8) is 0 Å². The van der Waals surface area contributed by atoms with Crippen molar-refractivity contribution in [2.45, 2.75) is 13.5 Å². The highest BCUT2D eigenvalue weighted by atomic mass is 32.2. The van der Waals surface area contributed by atoms with Crippen LogP contribution in [0.3, 0.4) is 0 Å². The van der Waals surface area contributed by atoms with Gasteiger partial charge >= 0.3 is 0 Å². The smallest absolute Gasteiger partial charge is 0.211 e. The molecular formula is C8H13NO3S. The van der Waals surface area contributed by atoms with Crippen LogP contribution in [0.1, 0.15) is 11.5 Å². The molecule has 0 saturated carbocycles. The Balaban J connectivity index is 2.71. The fourth-order valence-corrected chi connectivity index (χ4v) is 1.27. The topological polar surface area (TPSA) is 50.5 Å². The van der Waals surface area contributed by atoms with Gasteiger partial charge in [0.2, 0.25) is 10.0 Å². The van der Waals surface area contributed by atoms with Gasteiger partial charge in [-0.3, -0.25) is 0 Å². The fourth-order valence-electron chi connectivity index (χ4n) is 0.907. The summed E-state index contributed by atoms with van der Waals surface area (Å²) in [4.78, 5) is 0. The first-order valence-corrected chi connectivity index (χ1v) is 5.71. The summed E-state index contributed by atoms with van der Waals surface area (Å²) in [7, 11) is -1.60. The van der Waals surface area contributed by atoms with E-state index < -0.39 is 10.0 Å². The zero-order valence-electron chi connectivity index (χ0n) is 7.94. The van der Waals surface area contributed by atoms with Crippen molar-refractivity contribution in [3.05, 3.63) is 23.7 Å². The molecule has 1 rings (SSSR count). The molecule has 1 aromatic rings. The number of rotatable bonds is 3. The molecule has 1 aromatic heterocycles. The predicted molar refractivity (Wildman–Crippen MR) is 49.8 cm³/mol. The number of hydrogen-bond acceptors (Lipinski definition) is 3. The van der Waals surface area contributed by atoms with E-state index in [1.54, 1.807) is 6.07 Å². The van der Waals surface area contributed by atoms with Gasteiger partial charge in [0, 0.05) is 7.05 Å². The van der Waals surface area contributed by atoms with Crippen molar-refractivity contribution in [2.24, 2.45) is 0 Å². The second-order valence-electron chi connectivity index (χ2n) is 3.03. The van der Waals surface area contributed by atoms with Gasteiger partial charge in [0.25, 0.3) is 0 Å². The molecular weight excluding hydrogens is 190 g/mol. The Bertz CT molecular complexity index is 380. The number of sulfonamides is 1. The maximum atomic E-state index is 11.0. The van der Waals surface area contributed by atoms with Crippen molar-refractivity contribution in [3.8, 4) is 0 Å². The van der Waals surface area contributed by atoms with Gasteiger partial charge in [-0.1, -0.05) is 0 Å². The SMILES string of the molecule is Cc1ccc(CN(C)S(C)(=O)=O)o1. The Kier molecular flexibility index (Phi) is 2.77. The number of aryl methyl sites for hydroxylation is 1. The van der Waals surface area contributed by atoms with E-state index in [1.165, 1.54) is 17.6 Å². The van der Waals surface area contributed by atoms with Crippen LogP contribution >= 0.6 is 0 Å². The van der Waals surface area contributed by atoms with E-state index in [2.05, 4.69) is 0 Å². The Labute approximate surface area is 78.2 Å². The molecule has 1 heterocycles. The molecule has 0 aromatic carbocycles. The van der Waals surface area contributed by atoms with Crippen molar-refractivity contribution in [1.29, 1.82) is 0 Å². The maximum absolute atomic E-state index is 11.0. The third kappa shape index (κ3) is 2.86. The Morgan fingerprint density at radius 2 is 2.08 bits per heavy atom. The molecule has 0 spiro atoms. The van der Waals surface area contributed by atoms with Gasteiger partial charge < -0.3 is 4.42 Å². The minimum atomic E-state index is -3.12. The van der Waals surface area contributed by atoms with Gasteiger partial charge in [-0.2, -0.15) is 4.31 Å². The number of hydrogen-bond donors (Lipinski definition) is 0. The van der Waals surface area contributed by atoms with Gasteiger partial charge in [-0.15, -0.1) is 0 Å². The average Bonchev–Trinajstić information content (AvgIpc) is 2.33. The molecule has 5 heteroatoms. The van der Waals surface area contributed by atoms with E-state index in [0.29, 0.717) is 5.76 Å². The molecule has 0 bridgehead atoms. The number of furan rings is 1. The molecule has 13 heavy (non-hydrogen) atoms. The monoisotopic (exact) mass is 203 g/mol. The first kappa shape index (κ1) is 10.3. The van der Waals surface area contributed by atoms with Crippen LogP contribution in [0.25, 0.3) is 0 Å². The minimum absolute atomic E-state index is 0.284. The lowest BCUT2D eigenvalue weighted by atomic mass is 10.4. The van der Waals surface area contributed by atoms with E-state index in [9.17, 15) is 8.42 Å². The Morgan fingerprint density at radius 3 is 2.46 bits per heavy atom. The zero-order valence-corrected chi connectivity index (χ0v) is 8.76. The molecule has 74 valence electrons. The molecule has 0 aliphatic carbocycles. The van der Waals surface area contributed by atoms with Crippen LogP contribution in [0.4, 0.5) is 0 Å². The van der Waals surface area contributed by atoms with Crippen molar-refractivity contribution >= 4 is 10.0 Å². The summed E-state index contributed by atoms with van der Waals surface area (Å²) in [5, 5.41) is 0. The summed E-state index contributed by atoms with van der Waals surface area (Å²) in [6.45, 7) is 2.11. The van der Waals surface area contributed by atoms with Crippen LogP contribution in [-0.2, 0) is 16.6 Å². The van der Waals surface area contributed by atoms with Crippen LogP contribution in [0.15, 0.2) is 16.5 Å². The Hall–Kier alpha value is -0.810. The van der Waals surface area contributed by atoms with E-state index in [0.717, 1.165) is 5.76 Å². The van der Waals surface area contributed by atoms with Crippen LogP contribution < -0.4 is 0 Å². The molecule has 0 aliphatic rings. The first-order valence-electron chi connectivity index (χ1n) is 3.86. The van der Waals surface area contributed by atoms with Gasteiger partial charge in [0.15, 0.2) is 0 Å². The molecule has 0 radical (unpaired) electrons. The van der Waals surface area contributed by atoms with E-state index >= 15 is 0 Å². The summed E-state index contributed by atoms with van der Waals surface area (Å²) in [6.07, 6.45) is 1.17. The largest absolute Gasteiger partial charge is 0.465 e. The summed E-state index contributed by atoms with van der Waals surface area (Å²) in [6, 6.07) is 3.59. The number of nitrogens with zero attached hydrogens (tertiary/aromatic N) is 1. The third-order valence-corrected chi connectivity index (χ3v) is 3.00. The average molecular weight is 203 g/mol. The van der Waals surface area contributed by atoms with Gasteiger partial charge in [-0.05, 0) is 19.1 Å². The first-order chi connectivity index (χ1) is 5.89. The molecule has 0 N–H and O–H groups in total. The van der Waals surface area contributed by atoms with Gasteiger partial charge in [-0.25, -0.2) is 8.42 Å². The summed E-state index contributed by atoms with van der Waals surface area (Å²) in [5.41, 5.74) is 0. The highest BCUT2D eigenvalue weighted by molar-refractivity contribution is 7.88. The lowest BCUT2D eigenvalue weighted by Gasteiger charge is -2.11. The molecule has 0 unspecified atom stereocenters. The lowest BCUT2D eigenvalue weighted by Crippen LogP contribution is -2.24. The second kappa shape index (κ2) is 3.51. The fraction of sp³-hybridized carbons (Fsp3) is 0.500. The summed E-state index contributed by atoms with van der Waals surface area (Å²) >= 11 is 0. The normalized spacial score (nSPS) is 12.3. The second-order valence-corrected chi connectivity index (χ2v) is 5.12. The minimum Gasteiger partial charge on any atom is -0.465 e. The quantitative estimate of drug-likeness (QED) is 0.735. The highest BCUT2D eigenvalue weighted by Crippen LogP contribution is 2.09. The molecule has 4 nitrogen and oxygen atoms in total. The molecule has 0 fully saturated rings. The molecule has 0 atom stereocenters. The van der Waals surface area contributed by atoms with Crippen molar-refractivity contribution < 1.29 is 12.8 Å². The van der Waals surface area contributed by atoms with Crippen LogP contribution in [0, 0.1) is 6.92 Å². The van der Waals surface area contributed by atoms with Crippen LogP contribution in [0.5, 0.6) is 0 Å². The van der Waals surface area contributed by atoms with Crippen LogP contribution in [-0.4, -0.2) is 26.0 Å². The van der Waals surface area contributed by atoms with E-state index in [1.807, 2.05) is 13.0 Å². The van der Waals surface area contributed by atoms with Crippen molar-refractivity contribution in [1.82, 2.24) is 4.31 Å². The maximum Gasteiger partial charge on any atom is 0.211 e. The Morgan fingerprint density at radius 1 is 1.46 bits per heavy atom. The standard InChI is InChI=1S/C8H13NO3S/c1-7-4-5-8(12-7)6-9(2)13(3,10)11/h4-5H,6H2,1-3H3. The molecule has 0 amide bonds. The van der Waals surface area contributed by atoms with Gasteiger partial charge in [0.1, 0.15) is 11.5 Å². The predicted octanol–water partition coefficient (Wildman–Crippen LogP) is 0.979. The molecule has 0 saturated heterocycles. The molecule has 0 aliphatic heterocycles. The van der Waals surface area contributed by atoms with Crippen molar-refractivity contribution in [2.75, 3.05) is 13.3 Å². The summed E-state index contributed by atoms with van der Waals surface area (Å²) in [5.74, 6) is 1.45. The van der Waals surface area contributed by atoms with Crippen LogP contribution in [0.2, 0.25) is 0 Å². The third-order valence-electron chi connectivity index (χ3n) is 1.74. The van der Waals surface area contributed by atoms with Gasteiger partial charge in [0.05, 0.1) is 12.8 Å². The van der Waals surface area contributed by atoms with E-state index in [4.69, 9.17) is 4.42 Å². The van der Waals surface area contributed by atoms with E-state index in [-0.39, 0.29) is 6.54 Å². The highest BCUT2D eigenvalue weighted by Gasteiger charge is 2.12. The lowest BCUT2D eigenvalue weighted by molar-refractivity contribution is 0.399. The summed E-state index contributed by atoms with van der Waals surface area (Å²) < 4.78 is 28.5. The zero-order chi connectivity index (χ0) is 10.1.